The second kappa shape index (κ2) is 9.61. The number of Topliss-reactive ketones (excluding diaryl/α,β-unsaturated/α-hetero) is 2. The molecule has 0 saturated carbocycles. The molecule has 0 aliphatic carbocycles. The third-order valence-corrected chi connectivity index (χ3v) is 4.66. The van der Waals surface area contributed by atoms with Gasteiger partial charge in [-0.2, -0.15) is 0 Å². The van der Waals surface area contributed by atoms with Crippen LogP contribution in [-0.2, 0) is 4.74 Å². The number of aryl methyl sites for hydroxylation is 1. The molecule has 30 heavy (non-hydrogen) atoms. The minimum Gasteiger partial charge on any atom is -0.493 e. The molecule has 1 aromatic heterocycles. The fourth-order valence-corrected chi connectivity index (χ4v) is 3.18. The number of benzene rings is 1. The lowest BCUT2D eigenvalue weighted by atomic mass is 10.0. The smallest absolute Gasteiger partial charge is 0.338 e. The molecule has 0 aliphatic rings. The normalized spacial score (nSPS) is 11.9. The Morgan fingerprint density at radius 1 is 1.07 bits per heavy atom. The number of carbonyl (C=O) groups is 3. The van der Waals surface area contributed by atoms with E-state index in [-0.39, 0.29) is 17.0 Å². The number of nitrogens with one attached hydrogen (secondary N) is 1. The summed E-state index contributed by atoms with van der Waals surface area (Å²) in [5.41, 5.74) is 2.17. The van der Waals surface area contributed by atoms with Gasteiger partial charge in [-0.3, -0.25) is 9.59 Å². The van der Waals surface area contributed by atoms with Gasteiger partial charge in [-0.15, -0.1) is 0 Å². The van der Waals surface area contributed by atoms with Crippen molar-refractivity contribution in [3.8, 4) is 11.5 Å². The van der Waals surface area contributed by atoms with Crippen molar-refractivity contribution in [2.45, 2.75) is 47.6 Å². The van der Waals surface area contributed by atoms with Crippen LogP contribution in [-0.4, -0.2) is 42.3 Å². The summed E-state index contributed by atoms with van der Waals surface area (Å²) in [7, 11) is 1.49. The van der Waals surface area contributed by atoms with Gasteiger partial charge in [0.05, 0.1) is 25.0 Å². The lowest BCUT2D eigenvalue weighted by molar-refractivity contribution is 0.0316. The number of hydrogen-bond donors (Lipinski definition) is 1. The molecule has 0 unspecified atom stereocenters. The first-order valence-electron chi connectivity index (χ1n) is 9.82. The Morgan fingerprint density at radius 2 is 1.73 bits per heavy atom. The number of ether oxygens (including phenoxy) is 3. The third kappa shape index (κ3) is 5.09. The van der Waals surface area contributed by atoms with Crippen LogP contribution in [0.3, 0.4) is 0 Å². The Balaban J connectivity index is 2.16. The number of aromatic nitrogens is 1. The first-order valence-corrected chi connectivity index (χ1v) is 9.82. The van der Waals surface area contributed by atoms with Gasteiger partial charge < -0.3 is 19.2 Å². The molecule has 1 atom stereocenters. The number of carbonyl (C=O) groups excluding carboxylic acids is 3. The fraction of sp³-hybridized carbons (Fsp3) is 0.435. The lowest BCUT2D eigenvalue weighted by Gasteiger charge is -2.15. The van der Waals surface area contributed by atoms with E-state index in [2.05, 4.69) is 4.98 Å². The van der Waals surface area contributed by atoms with Gasteiger partial charge in [0.1, 0.15) is 0 Å². The van der Waals surface area contributed by atoms with Crippen molar-refractivity contribution >= 4 is 17.5 Å². The highest BCUT2D eigenvalue weighted by atomic mass is 16.5. The van der Waals surface area contributed by atoms with Crippen LogP contribution in [0, 0.1) is 19.8 Å². The predicted molar refractivity (Wildman–Crippen MR) is 113 cm³/mol. The van der Waals surface area contributed by atoms with E-state index in [4.69, 9.17) is 14.2 Å². The monoisotopic (exact) mass is 415 g/mol. The van der Waals surface area contributed by atoms with E-state index >= 15 is 0 Å². The van der Waals surface area contributed by atoms with E-state index in [0.717, 1.165) is 0 Å². The summed E-state index contributed by atoms with van der Waals surface area (Å²) in [6.45, 7) is 11.0. The zero-order valence-electron chi connectivity index (χ0n) is 18.5. The Bertz CT molecular complexity index is 957. The molecule has 162 valence electrons. The molecule has 0 spiro atoms. The van der Waals surface area contributed by atoms with Crippen molar-refractivity contribution in [2.75, 3.05) is 13.7 Å². The second-order valence-corrected chi connectivity index (χ2v) is 7.66. The third-order valence-electron chi connectivity index (χ3n) is 4.66. The molecular weight excluding hydrogens is 386 g/mol. The van der Waals surface area contributed by atoms with Gasteiger partial charge in [0.15, 0.2) is 23.4 Å². The van der Waals surface area contributed by atoms with Crippen molar-refractivity contribution in [2.24, 2.45) is 5.92 Å². The number of methoxy groups -OCH3 is 1. The van der Waals surface area contributed by atoms with Crippen LogP contribution in [0.1, 0.15) is 70.2 Å². The molecule has 0 fully saturated rings. The molecule has 0 saturated heterocycles. The van der Waals surface area contributed by atoms with Crippen LogP contribution in [0.5, 0.6) is 11.5 Å². The van der Waals surface area contributed by atoms with Crippen LogP contribution in [0.15, 0.2) is 18.2 Å². The highest BCUT2D eigenvalue weighted by molar-refractivity contribution is 6.05. The maximum atomic E-state index is 12.8. The highest BCUT2D eigenvalue weighted by Gasteiger charge is 2.26. The first kappa shape index (κ1) is 23.2. The van der Waals surface area contributed by atoms with Crippen molar-refractivity contribution in [3.05, 3.63) is 46.3 Å². The molecule has 2 aromatic rings. The van der Waals surface area contributed by atoms with E-state index in [1.807, 2.05) is 13.8 Å². The fourth-order valence-electron chi connectivity index (χ4n) is 3.18. The predicted octanol–water partition coefficient (Wildman–Crippen LogP) is 4.31. The van der Waals surface area contributed by atoms with Crippen LogP contribution in [0.25, 0.3) is 0 Å². The van der Waals surface area contributed by atoms with Gasteiger partial charge in [-0.25, -0.2) is 4.79 Å². The molecule has 0 amide bonds. The van der Waals surface area contributed by atoms with Gasteiger partial charge in [-0.1, -0.05) is 13.8 Å². The number of rotatable bonds is 9. The minimum absolute atomic E-state index is 0.128. The van der Waals surface area contributed by atoms with E-state index in [1.54, 1.807) is 26.0 Å². The average Bonchev–Trinajstić information content (AvgIpc) is 2.99. The maximum Gasteiger partial charge on any atom is 0.338 e. The van der Waals surface area contributed by atoms with Crippen molar-refractivity contribution in [1.82, 2.24) is 4.98 Å². The van der Waals surface area contributed by atoms with E-state index in [0.29, 0.717) is 40.8 Å². The van der Waals surface area contributed by atoms with Crippen LogP contribution in [0.4, 0.5) is 0 Å². The molecule has 2 rings (SSSR count). The summed E-state index contributed by atoms with van der Waals surface area (Å²) in [5.74, 6) is 0.0938. The number of ketones is 2. The zero-order valence-corrected chi connectivity index (χ0v) is 18.5. The van der Waals surface area contributed by atoms with Gasteiger partial charge in [0.2, 0.25) is 5.78 Å². The maximum absolute atomic E-state index is 12.8. The van der Waals surface area contributed by atoms with Crippen molar-refractivity contribution in [1.29, 1.82) is 0 Å². The lowest BCUT2D eigenvalue weighted by Crippen LogP contribution is -2.25. The summed E-state index contributed by atoms with van der Waals surface area (Å²) >= 11 is 0. The summed E-state index contributed by atoms with van der Waals surface area (Å²) < 4.78 is 16.4. The van der Waals surface area contributed by atoms with Gasteiger partial charge in [0.25, 0.3) is 0 Å². The van der Waals surface area contributed by atoms with E-state index in [1.165, 1.54) is 27.0 Å². The van der Waals surface area contributed by atoms with Crippen LogP contribution in [0.2, 0.25) is 0 Å². The van der Waals surface area contributed by atoms with Crippen molar-refractivity contribution < 1.29 is 28.6 Å². The summed E-state index contributed by atoms with van der Waals surface area (Å²) in [6, 6.07) is 4.73. The minimum atomic E-state index is -1.03. The Kier molecular flexibility index (Phi) is 7.43. The molecule has 1 heterocycles. The van der Waals surface area contributed by atoms with E-state index < -0.39 is 17.9 Å². The molecule has 0 radical (unpaired) electrons. The van der Waals surface area contributed by atoms with Gasteiger partial charge in [0, 0.05) is 11.3 Å². The molecule has 7 heteroatoms. The Hall–Kier alpha value is -3.09. The molecule has 7 nitrogen and oxygen atoms in total. The molecule has 1 N–H and O–H groups in total. The zero-order chi connectivity index (χ0) is 22.6. The molecule has 0 bridgehead atoms. The number of H-pyrrole nitrogens is 1. The van der Waals surface area contributed by atoms with Gasteiger partial charge in [-0.05, 0) is 57.4 Å². The van der Waals surface area contributed by atoms with Gasteiger partial charge >= 0.3 is 5.97 Å². The van der Waals surface area contributed by atoms with Crippen molar-refractivity contribution in [3.63, 3.8) is 0 Å². The average molecular weight is 415 g/mol. The van der Waals surface area contributed by atoms with E-state index in [9.17, 15) is 14.4 Å². The quantitative estimate of drug-likeness (QED) is 0.484. The highest BCUT2D eigenvalue weighted by Crippen LogP contribution is 2.29. The molecule has 1 aromatic carbocycles. The largest absolute Gasteiger partial charge is 0.493 e. The number of esters is 1. The second-order valence-electron chi connectivity index (χ2n) is 7.66. The topological polar surface area (TPSA) is 94.7 Å². The summed E-state index contributed by atoms with van der Waals surface area (Å²) in [5, 5.41) is 0. The van der Waals surface area contributed by atoms with Crippen LogP contribution >= 0.6 is 0 Å². The Morgan fingerprint density at radius 3 is 2.27 bits per heavy atom. The summed E-state index contributed by atoms with van der Waals surface area (Å²) in [4.78, 5) is 40.1. The number of hydrogen-bond acceptors (Lipinski definition) is 6. The standard InChI is InChI=1S/C23H29NO6/c1-12(2)11-29-18-9-8-17(10-19(18)28-7)23(27)30-16(6)22(26)21-13(3)20(15(5)25)14(4)24-21/h8-10,12,16,24H,11H2,1-7H3/t16-/m0/s1. The first-order chi connectivity index (χ1) is 14.1. The summed E-state index contributed by atoms with van der Waals surface area (Å²) in [6.07, 6.45) is -1.03. The SMILES string of the molecule is COc1cc(C(=O)O[C@@H](C)C(=O)c2[nH]c(C)c(C(C)=O)c2C)ccc1OCC(C)C. The molecule has 0 aliphatic heterocycles. The Labute approximate surface area is 176 Å². The number of aromatic amines is 1. The van der Waals surface area contributed by atoms with Crippen LogP contribution < -0.4 is 9.47 Å². The molecular formula is C23H29NO6.